The lowest BCUT2D eigenvalue weighted by Crippen LogP contribution is -2.30. The molecule has 0 radical (unpaired) electrons. The maximum atomic E-state index is 9.13. The second-order valence-corrected chi connectivity index (χ2v) is 6.20. The fourth-order valence-corrected chi connectivity index (χ4v) is 3.42. The summed E-state index contributed by atoms with van der Waals surface area (Å²) >= 11 is 0. The van der Waals surface area contributed by atoms with E-state index in [9.17, 15) is 0 Å². The highest BCUT2D eigenvalue weighted by molar-refractivity contribution is 5.95. The zero-order valence-corrected chi connectivity index (χ0v) is 12.3. The molecule has 2 aromatic rings. The lowest BCUT2D eigenvalue weighted by molar-refractivity contribution is 0.291. The zero-order chi connectivity index (χ0) is 14.4. The van der Waals surface area contributed by atoms with Gasteiger partial charge < -0.3 is 4.57 Å². The molecular weight excluding hydrogens is 262 g/mol. The molecular formula is C17H21N3O. The Bertz CT molecular complexity index is 712. The smallest absolute Gasteiger partial charge is 0.0609 e. The Kier molecular flexibility index (Phi) is 3.01. The monoisotopic (exact) mass is 283 g/mol. The predicted octanol–water partition coefficient (Wildman–Crippen LogP) is 3.23. The van der Waals surface area contributed by atoms with Gasteiger partial charge in [-0.3, -0.25) is 15.6 Å². The van der Waals surface area contributed by atoms with Crippen molar-refractivity contribution in [3.05, 3.63) is 36.0 Å². The molecule has 1 aromatic carbocycles. The molecule has 4 heteroatoms. The van der Waals surface area contributed by atoms with E-state index >= 15 is 0 Å². The molecule has 21 heavy (non-hydrogen) atoms. The maximum Gasteiger partial charge on any atom is 0.0609 e. The van der Waals surface area contributed by atoms with Crippen LogP contribution in [0.1, 0.15) is 24.8 Å². The minimum Gasteiger partial charge on any atom is -0.350 e. The van der Waals surface area contributed by atoms with Gasteiger partial charge in [-0.25, -0.2) is 0 Å². The highest BCUT2D eigenvalue weighted by Crippen LogP contribution is 2.35. The number of fused-ring (bicyclic) bond motifs is 1. The van der Waals surface area contributed by atoms with Crippen molar-refractivity contribution in [1.29, 1.82) is 0 Å². The van der Waals surface area contributed by atoms with Gasteiger partial charge in [0.05, 0.1) is 5.69 Å². The molecule has 1 aliphatic carbocycles. The Balaban J connectivity index is 1.72. The van der Waals surface area contributed by atoms with Crippen LogP contribution in [0.25, 0.3) is 16.5 Å². The van der Waals surface area contributed by atoms with E-state index in [1.807, 2.05) is 12.1 Å². The van der Waals surface area contributed by atoms with E-state index in [1.54, 1.807) is 0 Å². The van der Waals surface area contributed by atoms with E-state index in [0.29, 0.717) is 0 Å². The molecule has 0 atom stereocenters. The number of hydrogen-bond acceptors (Lipinski definition) is 3. The quantitative estimate of drug-likeness (QED) is 0.850. The molecule has 4 rings (SSSR count). The average Bonchev–Trinajstić information content (AvgIpc) is 3.32. The van der Waals surface area contributed by atoms with Gasteiger partial charge in [0, 0.05) is 48.8 Å². The van der Waals surface area contributed by atoms with Crippen LogP contribution in [0, 0.1) is 0 Å². The van der Waals surface area contributed by atoms with E-state index < -0.39 is 0 Å². The van der Waals surface area contributed by atoms with Crippen LogP contribution in [0.5, 0.6) is 0 Å². The van der Waals surface area contributed by atoms with Crippen LogP contribution in [-0.2, 0) is 7.05 Å². The Morgan fingerprint density at radius 1 is 1.29 bits per heavy atom. The third-order valence-electron chi connectivity index (χ3n) is 4.77. The molecule has 2 aliphatic rings. The van der Waals surface area contributed by atoms with Crippen molar-refractivity contribution in [3.8, 4) is 0 Å². The Labute approximate surface area is 124 Å². The molecule has 0 bridgehead atoms. The summed E-state index contributed by atoms with van der Waals surface area (Å²) in [4.78, 5) is 2.59. The zero-order valence-electron chi connectivity index (χ0n) is 12.3. The molecule has 2 heterocycles. The van der Waals surface area contributed by atoms with Gasteiger partial charge in [0.2, 0.25) is 0 Å². The summed E-state index contributed by atoms with van der Waals surface area (Å²) in [5.41, 5.74) is 6.94. The van der Waals surface area contributed by atoms with Crippen molar-refractivity contribution in [2.45, 2.75) is 25.3 Å². The minimum atomic E-state index is 0.742. The molecule has 0 amide bonds. The molecule has 110 valence electrons. The maximum absolute atomic E-state index is 9.13. The van der Waals surface area contributed by atoms with Crippen LogP contribution < -0.4 is 5.48 Å². The van der Waals surface area contributed by atoms with Gasteiger partial charge >= 0.3 is 0 Å². The van der Waals surface area contributed by atoms with Crippen molar-refractivity contribution in [2.75, 3.05) is 18.6 Å². The molecule has 1 aromatic heterocycles. The van der Waals surface area contributed by atoms with E-state index in [2.05, 4.69) is 40.3 Å². The molecule has 0 unspecified atom stereocenters. The second-order valence-electron chi connectivity index (χ2n) is 6.20. The van der Waals surface area contributed by atoms with Crippen LogP contribution >= 0.6 is 0 Å². The van der Waals surface area contributed by atoms with Crippen molar-refractivity contribution < 1.29 is 5.21 Å². The number of benzene rings is 1. The van der Waals surface area contributed by atoms with Gasteiger partial charge in [-0.05, 0) is 43.0 Å². The first kappa shape index (κ1) is 12.9. The number of aromatic nitrogens is 1. The molecule has 1 fully saturated rings. The van der Waals surface area contributed by atoms with Crippen LogP contribution in [0.4, 0.5) is 5.69 Å². The summed E-state index contributed by atoms with van der Waals surface area (Å²) in [6.45, 7) is 2.25. The Morgan fingerprint density at radius 2 is 2.14 bits per heavy atom. The summed E-state index contributed by atoms with van der Waals surface area (Å²) in [6.07, 6.45) is 8.47. The van der Waals surface area contributed by atoms with E-state index in [-0.39, 0.29) is 0 Å². The van der Waals surface area contributed by atoms with Gasteiger partial charge in [-0.15, -0.1) is 0 Å². The van der Waals surface area contributed by atoms with Gasteiger partial charge in [0.15, 0.2) is 0 Å². The van der Waals surface area contributed by atoms with E-state index in [1.165, 1.54) is 41.4 Å². The first-order valence-corrected chi connectivity index (χ1v) is 7.69. The number of aryl methyl sites for hydroxylation is 1. The van der Waals surface area contributed by atoms with E-state index in [0.717, 1.165) is 24.7 Å². The summed E-state index contributed by atoms with van der Waals surface area (Å²) in [7, 11) is 2.08. The minimum absolute atomic E-state index is 0.742. The highest BCUT2D eigenvalue weighted by Gasteiger charge is 2.29. The first-order valence-electron chi connectivity index (χ1n) is 7.69. The first-order chi connectivity index (χ1) is 10.3. The number of anilines is 1. The fraction of sp³-hybridized carbons (Fsp3) is 0.412. The molecule has 0 saturated heterocycles. The fourth-order valence-electron chi connectivity index (χ4n) is 3.42. The van der Waals surface area contributed by atoms with Crippen molar-refractivity contribution in [1.82, 2.24) is 9.47 Å². The van der Waals surface area contributed by atoms with E-state index in [4.69, 9.17) is 5.21 Å². The molecule has 0 spiro atoms. The van der Waals surface area contributed by atoms with Crippen molar-refractivity contribution in [3.63, 3.8) is 0 Å². The SMILES string of the molecule is Cn1cc(C2=CCN(C3CC3)CC2)c2cc(NO)ccc21. The summed E-state index contributed by atoms with van der Waals surface area (Å²) < 4.78 is 2.17. The normalized spacial score (nSPS) is 19.8. The Hall–Kier alpha value is -1.78. The van der Waals surface area contributed by atoms with Gasteiger partial charge in [0.25, 0.3) is 0 Å². The van der Waals surface area contributed by atoms with Gasteiger partial charge in [0.1, 0.15) is 0 Å². The van der Waals surface area contributed by atoms with Crippen LogP contribution in [0.3, 0.4) is 0 Å². The third kappa shape index (κ3) is 2.24. The summed E-state index contributed by atoms with van der Waals surface area (Å²) in [5.74, 6) is 0. The highest BCUT2D eigenvalue weighted by atomic mass is 16.5. The molecule has 2 N–H and O–H groups in total. The van der Waals surface area contributed by atoms with Crippen LogP contribution in [-0.4, -0.2) is 33.8 Å². The van der Waals surface area contributed by atoms with Crippen LogP contribution in [0.15, 0.2) is 30.5 Å². The summed E-state index contributed by atoms with van der Waals surface area (Å²) in [5, 5.41) is 10.3. The largest absolute Gasteiger partial charge is 0.350 e. The van der Waals surface area contributed by atoms with Crippen molar-refractivity contribution in [2.24, 2.45) is 7.05 Å². The molecule has 4 nitrogen and oxygen atoms in total. The number of nitrogens with zero attached hydrogens (tertiary/aromatic N) is 2. The second kappa shape index (κ2) is 4.90. The van der Waals surface area contributed by atoms with Crippen molar-refractivity contribution >= 4 is 22.2 Å². The number of nitrogens with one attached hydrogen (secondary N) is 1. The van der Waals surface area contributed by atoms with Gasteiger partial charge in [-0.1, -0.05) is 6.08 Å². The predicted molar refractivity (Wildman–Crippen MR) is 85.5 cm³/mol. The lowest BCUT2D eigenvalue weighted by Gasteiger charge is -2.26. The topological polar surface area (TPSA) is 40.4 Å². The third-order valence-corrected chi connectivity index (χ3v) is 4.77. The van der Waals surface area contributed by atoms with Crippen LogP contribution in [0.2, 0.25) is 0 Å². The molecule has 1 aliphatic heterocycles. The lowest BCUT2D eigenvalue weighted by atomic mass is 9.98. The Morgan fingerprint density at radius 3 is 2.81 bits per heavy atom. The molecule has 1 saturated carbocycles. The average molecular weight is 283 g/mol. The summed E-state index contributed by atoms with van der Waals surface area (Å²) in [6, 6.07) is 6.83. The number of hydrogen-bond donors (Lipinski definition) is 2. The van der Waals surface area contributed by atoms with Gasteiger partial charge in [-0.2, -0.15) is 0 Å². The standard InChI is InChI=1S/C17H21N3O/c1-19-11-16(15-10-13(18-21)2-5-17(15)19)12-6-8-20(9-7-12)14-3-4-14/h2,5-6,10-11,14,18,21H,3-4,7-9H2,1H3. The number of rotatable bonds is 3.